The summed E-state index contributed by atoms with van der Waals surface area (Å²) in [5, 5.41) is 32.9. The minimum atomic E-state index is -4.93. The first-order valence-corrected chi connectivity index (χ1v) is 29.8. The minimum Gasteiger partial charge on any atom is -0.399 e. The van der Waals surface area contributed by atoms with E-state index in [1.807, 2.05) is 87.1 Å². The van der Waals surface area contributed by atoms with Gasteiger partial charge in [-0.25, -0.2) is 0 Å². The highest BCUT2D eigenvalue weighted by molar-refractivity contribution is 9.11. The summed E-state index contributed by atoms with van der Waals surface area (Å²) < 4.78 is 102. The van der Waals surface area contributed by atoms with Crippen molar-refractivity contribution in [1.82, 2.24) is 48.9 Å². The van der Waals surface area contributed by atoms with Gasteiger partial charge in [0, 0.05) is 121 Å². The van der Waals surface area contributed by atoms with Crippen LogP contribution >= 0.6 is 63.7 Å². The number of aromatic nitrogens is 10. The van der Waals surface area contributed by atoms with E-state index < -0.39 is 36.1 Å². The highest BCUT2D eigenvalue weighted by Crippen LogP contribution is 2.38. The monoisotopic (exact) mass is 1510 g/mol. The molecule has 0 spiro atoms. The first-order chi connectivity index (χ1) is 41.9. The first kappa shape index (κ1) is 71.5. The molecular weight excluding hydrogens is 1450 g/mol. The Labute approximate surface area is 545 Å². The highest BCUT2D eigenvalue weighted by atomic mass is 79.9. The number of fused-ring (bicyclic) bond motifs is 5. The second kappa shape index (κ2) is 28.7. The Morgan fingerprint density at radius 1 is 0.533 bits per heavy atom. The van der Waals surface area contributed by atoms with Crippen molar-refractivity contribution in [3.05, 3.63) is 109 Å². The number of para-hydroxylation sites is 5. The van der Waals surface area contributed by atoms with E-state index in [0.717, 1.165) is 65.8 Å². The number of amides is 2. The number of esters is 2. The molecule has 0 unspecified atom stereocenters. The van der Waals surface area contributed by atoms with Crippen LogP contribution in [0.3, 0.4) is 0 Å². The van der Waals surface area contributed by atoms with Crippen molar-refractivity contribution in [2.24, 2.45) is 35.2 Å². The van der Waals surface area contributed by atoms with E-state index in [1.165, 1.54) is 23.2 Å². The van der Waals surface area contributed by atoms with Gasteiger partial charge in [-0.2, -0.15) is 51.8 Å². The van der Waals surface area contributed by atoms with Crippen LogP contribution in [0, 0.1) is 0 Å². The van der Waals surface area contributed by atoms with Gasteiger partial charge in [-0.1, -0.05) is 36.4 Å². The molecule has 0 aliphatic carbocycles. The topological polar surface area (TPSA) is 250 Å². The number of nitrogens with one attached hydrogen (secondary N) is 3. The van der Waals surface area contributed by atoms with Crippen molar-refractivity contribution in [3.63, 3.8) is 0 Å². The van der Waals surface area contributed by atoms with E-state index in [2.05, 4.69) is 144 Å². The number of anilines is 5. The van der Waals surface area contributed by atoms with Crippen molar-refractivity contribution in [2.45, 2.75) is 65.1 Å². The van der Waals surface area contributed by atoms with Crippen LogP contribution in [0.25, 0.3) is 54.5 Å². The number of aryl methyl sites for hydroxylation is 5. The molecular formula is C57H62BBr4F6N15O7. The summed E-state index contributed by atoms with van der Waals surface area (Å²) in [6.45, 7) is 10.6. The predicted octanol–water partition coefficient (Wildman–Crippen LogP) is 12.0. The Bertz CT molecular complexity index is 4270. The Morgan fingerprint density at radius 2 is 0.878 bits per heavy atom. The van der Waals surface area contributed by atoms with E-state index in [9.17, 15) is 45.5 Å². The zero-order chi connectivity index (χ0) is 67.3. The number of nitrogens with zero attached hydrogens (tertiary/aromatic N) is 11. The lowest BCUT2D eigenvalue weighted by Crippen LogP contribution is -2.41. The molecule has 1 aliphatic heterocycles. The third-order valence-electron chi connectivity index (χ3n) is 13.8. The molecule has 480 valence electrons. The van der Waals surface area contributed by atoms with E-state index >= 15 is 0 Å². The van der Waals surface area contributed by atoms with Crippen LogP contribution in [-0.2, 0) is 68.5 Å². The maximum atomic E-state index is 12.4. The number of alkyl halides is 6. The number of nitrogen functional groups attached to an aromatic ring is 1. The van der Waals surface area contributed by atoms with Gasteiger partial charge in [-0.3, -0.25) is 47.5 Å². The Hall–Kier alpha value is -7.59. The van der Waals surface area contributed by atoms with E-state index in [1.54, 1.807) is 60.5 Å². The fraction of sp³-hybridized carbons (Fsp3) is 0.316. The largest absolute Gasteiger partial charge is 0.497 e. The number of ether oxygens (including phenoxy) is 1. The second-order valence-electron chi connectivity index (χ2n) is 20.6. The summed E-state index contributed by atoms with van der Waals surface area (Å²) in [7, 11) is 13.4. The highest BCUT2D eigenvalue weighted by Gasteiger charge is 2.52. The van der Waals surface area contributed by atoms with Crippen molar-refractivity contribution in [2.75, 3.05) is 47.7 Å². The van der Waals surface area contributed by atoms with Crippen LogP contribution in [-0.4, -0.2) is 124 Å². The quantitative estimate of drug-likeness (QED) is 0.0541. The van der Waals surface area contributed by atoms with Crippen LogP contribution in [0.15, 0.2) is 109 Å². The Kier molecular flexibility index (Phi) is 22.8. The van der Waals surface area contributed by atoms with Crippen LogP contribution in [0.2, 0.25) is 0 Å². The van der Waals surface area contributed by atoms with Gasteiger partial charge < -0.3 is 35.7 Å². The van der Waals surface area contributed by atoms with Gasteiger partial charge in [-0.05, 0) is 146 Å². The summed E-state index contributed by atoms with van der Waals surface area (Å²) in [6.07, 6.45) is -9.86. The molecule has 11 rings (SSSR count). The number of nitrogens with two attached hydrogens (primary N) is 1. The molecule has 33 heteroatoms. The maximum Gasteiger partial charge on any atom is 0.497 e. The fourth-order valence-corrected chi connectivity index (χ4v) is 11.6. The zero-order valence-electron chi connectivity index (χ0n) is 50.9. The maximum absolute atomic E-state index is 12.4. The molecule has 22 nitrogen and oxygen atoms in total. The van der Waals surface area contributed by atoms with Crippen LogP contribution < -0.4 is 32.0 Å². The fourth-order valence-electron chi connectivity index (χ4n) is 9.07. The number of hydrogen-bond acceptors (Lipinski definition) is 15. The van der Waals surface area contributed by atoms with Gasteiger partial charge in [0.2, 0.25) is 0 Å². The lowest BCUT2D eigenvalue weighted by molar-refractivity contribution is -0.170. The summed E-state index contributed by atoms with van der Waals surface area (Å²) in [5.41, 5.74) is 10.5. The van der Waals surface area contributed by atoms with E-state index in [0.29, 0.717) is 41.5 Å². The van der Waals surface area contributed by atoms with Crippen LogP contribution in [0.5, 0.6) is 0 Å². The normalized spacial score (nSPS) is 13.2. The molecule has 5 aromatic carbocycles. The third-order valence-corrected chi connectivity index (χ3v) is 16.3. The number of rotatable bonds is 5. The molecule has 1 fully saturated rings. The summed E-state index contributed by atoms with van der Waals surface area (Å²) in [4.78, 5) is 42.2. The molecule has 5 aromatic heterocycles. The van der Waals surface area contributed by atoms with Gasteiger partial charge in [0.1, 0.15) is 0 Å². The SMILES string of the molecule is CC(=O)OC(C)=O.CN(C(=O)C(F)(F)F)c1nn(C)c2c(Br)cccc12.CNc1nn(C)c2c(B3OC(C)(C)C(C)(C)O3)cccc12.CNc1nn(C)c2c(Br)cccc12.Cn1nc(N)c2cccc(Br)c21.Cn1nc(NC(=O)C(F)(F)F)c2cccc(Br)c21. The molecule has 90 heavy (non-hydrogen) atoms. The molecule has 0 atom stereocenters. The summed E-state index contributed by atoms with van der Waals surface area (Å²) >= 11 is 13.5. The van der Waals surface area contributed by atoms with Gasteiger partial charge in [0.05, 0.1) is 38.8 Å². The Balaban J connectivity index is 0.000000176. The number of hydrogen-bond donors (Lipinski definition) is 4. The van der Waals surface area contributed by atoms with Gasteiger partial charge in [-0.15, -0.1) is 0 Å². The van der Waals surface area contributed by atoms with E-state index in [4.69, 9.17) is 15.0 Å². The van der Waals surface area contributed by atoms with Crippen molar-refractivity contribution < 1.29 is 59.6 Å². The second-order valence-corrected chi connectivity index (χ2v) is 24.1. The lowest BCUT2D eigenvalue weighted by atomic mass is 9.78. The molecule has 2 amide bonds. The number of carbonyl (C=O) groups is 4. The number of benzene rings is 5. The van der Waals surface area contributed by atoms with Gasteiger partial charge in [0.15, 0.2) is 29.1 Å². The summed E-state index contributed by atoms with van der Waals surface area (Å²) in [6, 6.07) is 28.1. The number of halogens is 10. The van der Waals surface area contributed by atoms with Gasteiger partial charge in [0.25, 0.3) is 0 Å². The Morgan fingerprint density at radius 3 is 1.28 bits per heavy atom. The van der Waals surface area contributed by atoms with Crippen LogP contribution in [0.4, 0.5) is 55.4 Å². The summed E-state index contributed by atoms with van der Waals surface area (Å²) in [5.74, 6) is -2.90. The first-order valence-electron chi connectivity index (χ1n) is 26.7. The molecule has 5 N–H and O–H groups in total. The van der Waals surface area contributed by atoms with Gasteiger partial charge >= 0.3 is 43.2 Å². The molecule has 0 radical (unpaired) electrons. The molecule has 0 saturated carbocycles. The average molecular weight is 1510 g/mol. The molecule has 0 bridgehead atoms. The molecule has 1 saturated heterocycles. The smallest absolute Gasteiger partial charge is 0.399 e. The van der Waals surface area contributed by atoms with Crippen molar-refractivity contribution in [1.29, 1.82) is 0 Å². The zero-order valence-corrected chi connectivity index (χ0v) is 57.2. The lowest BCUT2D eigenvalue weighted by Gasteiger charge is -2.32. The van der Waals surface area contributed by atoms with Crippen molar-refractivity contribution >= 4 is 184 Å². The third kappa shape index (κ3) is 16.1. The standard InChI is InChI=1S/C15H22BN3O2.C11H9BrF3N3O.C10H7BrF3N3O.C9H10BrN3.C8H8BrN3.C4H6O3/c1-14(2)15(3,4)21-16(20-14)11-9-7-8-10-12(11)19(6)18-13(10)17-5;1-17(10(19)11(13,14)15)9-6-4-3-5-7(12)8(6)18(2)16-9;1-17-7-5(3-2-4-6(7)11)8(16-17)15-9(18)10(12,13)14;1-11-9-6-4-3-5-7(10)8(6)13(2)12-9;1-12-7-5(8(10)11-12)3-2-4-6(7)9;1-3(5)7-4(2)6/h7-9H,1-6H3,(H,17,18);3-5H,1-2H3;2-4H,1H3,(H,15,16,18);3-5H,1-2H3,(H,11,12);2-4H,1H3,(H2,10,11);1-2H3. The molecule has 1 aliphatic rings. The average Bonchev–Trinajstić information content (AvgIpc) is 1.62. The van der Waals surface area contributed by atoms with Crippen LogP contribution in [0.1, 0.15) is 41.5 Å². The van der Waals surface area contributed by atoms with Crippen molar-refractivity contribution in [3.8, 4) is 0 Å². The molecule has 6 heterocycles. The molecule has 10 aromatic rings. The minimum absolute atomic E-state index is 0.0267. The number of carbonyl (C=O) groups excluding carboxylic acids is 4. The van der Waals surface area contributed by atoms with E-state index in [-0.39, 0.29) is 30.0 Å². The predicted molar refractivity (Wildman–Crippen MR) is 350 cm³/mol.